The van der Waals surface area contributed by atoms with Crippen molar-refractivity contribution in [3.8, 4) is 0 Å². The van der Waals surface area contributed by atoms with Gasteiger partial charge in [0.15, 0.2) is 0 Å². The van der Waals surface area contributed by atoms with Gasteiger partial charge in [0.2, 0.25) is 0 Å². The van der Waals surface area contributed by atoms with Gasteiger partial charge in [0.05, 0.1) is 18.3 Å². The summed E-state index contributed by atoms with van der Waals surface area (Å²) >= 11 is 0. The standard InChI is InChI=1S/C13H26N2O2/c1-10-5-6-15(9-13(10)16-2)8-12-4-3-11(7-14)17-12/h10-13H,3-9,14H2,1-2H3. The molecule has 2 rings (SSSR count). The Hall–Kier alpha value is -0.160. The van der Waals surface area contributed by atoms with Crippen molar-refractivity contribution >= 4 is 0 Å². The summed E-state index contributed by atoms with van der Waals surface area (Å²) in [6.07, 6.45) is 4.57. The zero-order valence-electron chi connectivity index (χ0n) is 11.1. The zero-order valence-corrected chi connectivity index (χ0v) is 11.1. The third kappa shape index (κ3) is 3.41. The molecule has 0 aromatic heterocycles. The minimum atomic E-state index is 0.293. The van der Waals surface area contributed by atoms with Crippen LogP contribution in [0.4, 0.5) is 0 Å². The first-order chi connectivity index (χ1) is 8.22. The topological polar surface area (TPSA) is 47.7 Å². The Morgan fingerprint density at radius 3 is 2.71 bits per heavy atom. The van der Waals surface area contributed by atoms with E-state index in [1.807, 2.05) is 7.11 Å². The van der Waals surface area contributed by atoms with Gasteiger partial charge < -0.3 is 15.2 Å². The van der Waals surface area contributed by atoms with E-state index in [1.54, 1.807) is 0 Å². The van der Waals surface area contributed by atoms with Crippen LogP contribution in [-0.2, 0) is 9.47 Å². The van der Waals surface area contributed by atoms with E-state index in [0.717, 1.165) is 25.9 Å². The molecule has 4 nitrogen and oxygen atoms in total. The van der Waals surface area contributed by atoms with E-state index in [1.165, 1.54) is 13.0 Å². The summed E-state index contributed by atoms with van der Waals surface area (Å²) in [7, 11) is 1.82. The van der Waals surface area contributed by atoms with Crippen LogP contribution in [0.5, 0.6) is 0 Å². The molecule has 4 heteroatoms. The highest BCUT2D eigenvalue weighted by Crippen LogP contribution is 2.23. The van der Waals surface area contributed by atoms with Crippen LogP contribution in [0.3, 0.4) is 0 Å². The Labute approximate surface area is 104 Å². The van der Waals surface area contributed by atoms with E-state index in [0.29, 0.717) is 30.8 Å². The molecular weight excluding hydrogens is 216 g/mol. The highest BCUT2D eigenvalue weighted by molar-refractivity contribution is 4.82. The van der Waals surface area contributed by atoms with Gasteiger partial charge >= 0.3 is 0 Å². The van der Waals surface area contributed by atoms with Crippen molar-refractivity contribution < 1.29 is 9.47 Å². The number of rotatable bonds is 4. The van der Waals surface area contributed by atoms with Crippen molar-refractivity contribution in [2.75, 3.05) is 33.3 Å². The number of hydrogen-bond donors (Lipinski definition) is 1. The average molecular weight is 242 g/mol. The maximum absolute atomic E-state index is 5.90. The molecule has 0 saturated carbocycles. The fourth-order valence-electron chi connectivity index (χ4n) is 2.95. The van der Waals surface area contributed by atoms with E-state index >= 15 is 0 Å². The second-order valence-corrected chi connectivity index (χ2v) is 5.49. The lowest BCUT2D eigenvalue weighted by molar-refractivity contribution is -0.0294. The molecule has 2 fully saturated rings. The van der Waals surface area contributed by atoms with E-state index in [4.69, 9.17) is 15.2 Å². The molecule has 0 aromatic carbocycles. The van der Waals surface area contributed by atoms with Gasteiger partial charge in [-0.25, -0.2) is 0 Å². The number of hydrogen-bond acceptors (Lipinski definition) is 4. The number of piperidine rings is 1. The molecule has 2 heterocycles. The Morgan fingerprint density at radius 2 is 2.06 bits per heavy atom. The van der Waals surface area contributed by atoms with Crippen molar-refractivity contribution in [2.45, 2.75) is 44.5 Å². The van der Waals surface area contributed by atoms with Crippen molar-refractivity contribution in [1.29, 1.82) is 0 Å². The number of ether oxygens (including phenoxy) is 2. The summed E-state index contributed by atoms with van der Waals surface area (Å²) in [4.78, 5) is 2.48. The first kappa shape index (κ1) is 13.3. The zero-order chi connectivity index (χ0) is 12.3. The fraction of sp³-hybridized carbons (Fsp3) is 1.00. The van der Waals surface area contributed by atoms with Crippen LogP contribution in [0.15, 0.2) is 0 Å². The van der Waals surface area contributed by atoms with Crippen LogP contribution in [0.2, 0.25) is 0 Å². The van der Waals surface area contributed by atoms with Gasteiger partial charge in [0.25, 0.3) is 0 Å². The van der Waals surface area contributed by atoms with E-state index in [2.05, 4.69) is 11.8 Å². The molecular formula is C13H26N2O2. The van der Waals surface area contributed by atoms with Crippen molar-refractivity contribution in [1.82, 2.24) is 4.90 Å². The largest absolute Gasteiger partial charge is 0.380 e. The minimum Gasteiger partial charge on any atom is -0.380 e. The SMILES string of the molecule is COC1CN(CC2CCC(CN)O2)CCC1C. The summed E-state index contributed by atoms with van der Waals surface area (Å²) in [5, 5.41) is 0. The molecule has 2 aliphatic heterocycles. The summed E-state index contributed by atoms with van der Waals surface area (Å²) in [5.41, 5.74) is 5.63. The van der Waals surface area contributed by atoms with Gasteiger partial charge in [-0.2, -0.15) is 0 Å². The molecule has 2 aliphatic rings. The maximum atomic E-state index is 5.90. The van der Waals surface area contributed by atoms with Gasteiger partial charge in [-0.3, -0.25) is 4.90 Å². The first-order valence-corrected chi connectivity index (χ1v) is 6.83. The van der Waals surface area contributed by atoms with Crippen LogP contribution >= 0.6 is 0 Å². The molecule has 0 aliphatic carbocycles. The van der Waals surface area contributed by atoms with E-state index < -0.39 is 0 Å². The normalized spacial score (nSPS) is 39.7. The second-order valence-electron chi connectivity index (χ2n) is 5.49. The maximum Gasteiger partial charge on any atom is 0.0724 e. The van der Waals surface area contributed by atoms with Crippen molar-refractivity contribution in [3.05, 3.63) is 0 Å². The molecule has 0 radical (unpaired) electrons. The van der Waals surface area contributed by atoms with Crippen molar-refractivity contribution in [2.24, 2.45) is 11.7 Å². The molecule has 2 saturated heterocycles. The number of nitrogens with two attached hydrogens (primary N) is 1. The van der Waals surface area contributed by atoms with Gasteiger partial charge in [0, 0.05) is 26.7 Å². The summed E-state index contributed by atoms with van der Waals surface area (Å²) in [5.74, 6) is 0.678. The number of nitrogens with zero attached hydrogens (tertiary/aromatic N) is 1. The Balaban J connectivity index is 1.76. The minimum absolute atomic E-state index is 0.293. The van der Waals surface area contributed by atoms with Gasteiger partial charge in [0.1, 0.15) is 0 Å². The van der Waals surface area contributed by atoms with Gasteiger partial charge in [-0.15, -0.1) is 0 Å². The van der Waals surface area contributed by atoms with Crippen molar-refractivity contribution in [3.63, 3.8) is 0 Å². The van der Waals surface area contributed by atoms with Crippen LogP contribution < -0.4 is 5.73 Å². The first-order valence-electron chi connectivity index (χ1n) is 6.83. The van der Waals surface area contributed by atoms with E-state index in [-0.39, 0.29) is 0 Å². The van der Waals surface area contributed by atoms with Gasteiger partial charge in [-0.05, 0) is 31.7 Å². The Kier molecular flexibility index (Phi) is 4.79. The summed E-state index contributed by atoms with van der Waals surface area (Å²) in [6, 6.07) is 0. The van der Waals surface area contributed by atoms with Crippen LogP contribution in [0.25, 0.3) is 0 Å². The summed E-state index contributed by atoms with van der Waals surface area (Å²) in [6.45, 7) is 6.21. The Morgan fingerprint density at radius 1 is 1.29 bits per heavy atom. The van der Waals surface area contributed by atoms with E-state index in [9.17, 15) is 0 Å². The fourth-order valence-corrected chi connectivity index (χ4v) is 2.95. The van der Waals surface area contributed by atoms with Gasteiger partial charge in [-0.1, -0.05) is 6.92 Å². The lowest BCUT2D eigenvalue weighted by Gasteiger charge is -2.37. The summed E-state index contributed by atoms with van der Waals surface area (Å²) < 4.78 is 11.4. The predicted molar refractivity (Wildman–Crippen MR) is 68.0 cm³/mol. The lowest BCUT2D eigenvalue weighted by Crippen LogP contribution is -2.46. The smallest absolute Gasteiger partial charge is 0.0724 e. The second kappa shape index (κ2) is 6.14. The third-order valence-electron chi connectivity index (χ3n) is 4.20. The molecule has 0 aromatic rings. The molecule has 17 heavy (non-hydrogen) atoms. The molecule has 2 N–H and O–H groups in total. The number of methoxy groups -OCH3 is 1. The predicted octanol–water partition coefficient (Wildman–Crippen LogP) is 0.850. The van der Waals surface area contributed by atoms with Crippen LogP contribution in [0.1, 0.15) is 26.2 Å². The highest BCUT2D eigenvalue weighted by atomic mass is 16.5. The molecule has 0 bridgehead atoms. The molecule has 0 spiro atoms. The quantitative estimate of drug-likeness (QED) is 0.794. The average Bonchev–Trinajstić information content (AvgIpc) is 2.79. The molecule has 4 unspecified atom stereocenters. The third-order valence-corrected chi connectivity index (χ3v) is 4.20. The monoisotopic (exact) mass is 242 g/mol. The molecule has 4 atom stereocenters. The molecule has 100 valence electrons. The van der Waals surface area contributed by atoms with Crippen LogP contribution in [-0.4, -0.2) is 56.5 Å². The Bertz CT molecular complexity index is 237. The van der Waals surface area contributed by atoms with Crippen LogP contribution in [0, 0.1) is 5.92 Å². The molecule has 0 amide bonds. The lowest BCUT2D eigenvalue weighted by atomic mass is 9.95. The number of likely N-dealkylation sites (tertiary alicyclic amines) is 1. The highest BCUT2D eigenvalue weighted by Gasteiger charge is 2.30.